The van der Waals surface area contributed by atoms with Crippen molar-refractivity contribution >= 4 is 22.8 Å². The van der Waals surface area contributed by atoms with Gasteiger partial charge in [0.1, 0.15) is 17.1 Å². The highest BCUT2D eigenvalue weighted by atomic mass is 16.3. The van der Waals surface area contributed by atoms with Crippen LogP contribution in [0.1, 0.15) is 49.0 Å². The summed E-state index contributed by atoms with van der Waals surface area (Å²) in [4.78, 5) is 36.9. The zero-order valence-corrected chi connectivity index (χ0v) is 17.0. The van der Waals surface area contributed by atoms with Crippen molar-refractivity contribution in [3.05, 3.63) is 80.1 Å². The van der Waals surface area contributed by atoms with Gasteiger partial charge in [-0.25, -0.2) is 0 Å². The minimum Gasteiger partial charge on any atom is -0.505 e. The van der Waals surface area contributed by atoms with Crippen molar-refractivity contribution in [2.45, 2.75) is 38.6 Å². The molecule has 1 saturated carbocycles. The molecule has 0 heterocycles. The first-order chi connectivity index (χ1) is 14.3. The number of benzene rings is 2. The van der Waals surface area contributed by atoms with Gasteiger partial charge < -0.3 is 15.7 Å². The molecule has 0 aromatic heterocycles. The number of rotatable bonds is 8. The topological polar surface area (TPSA) is 95.5 Å². The lowest BCUT2D eigenvalue weighted by atomic mass is 9.99. The first-order valence-electron chi connectivity index (χ1n) is 10.1. The third kappa shape index (κ3) is 3.49. The Morgan fingerprint density at radius 3 is 2.30 bits per heavy atom. The van der Waals surface area contributed by atoms with Gasteiger partial charge in [0.25, 0.3) is 10.9 Å². The van der Waals surface area contributed by atoms with E-state index in [0.29, 0.717) is 6.42 Å². The van der Waals surface area contributed by atoms with E-state index in [1.165, 1.54) is 0 Å². The van der Waals surface area contributed by atoms with E-state index in [-0.39, 0.29) is 45.6 Å². The van der Waals surface area contributed by atoms with Crippen LogP contribution in [-0.4, -0.2) is 10.9 Å². The van der Waals surface area contributed by atoms with E-state index in [2.05, 4.69) is 10.6 Å². The van der Waals surface area contributed by atoms with Gasteiger partial charge in [-0.15, -0.1) is 0 Å². The molecular weight excluding hydrogens is 380 g/mol. The maximum Gasteiger partial charge on any atom is 0.253 e. The summed E-state index contributed by atoms with van der Waals surface area (Å²) in [5.41, 5.74) is 0.260. The molecule has 154 valence electrons. The highest BCUT2D eigenvalue weighted by Gasteiger charge is 2.46. The van der Waals surface area contributed by atoms with Crippen LogP contribution in [0.2, 0.25) is 0 Å². The van der Waals surface area contributed by atoms with E-state index < -0.39 is 10.9 Å². The zero-order valence-electron chi connectivity index (χ0n) is 17.0. The monoisotopic (exact) mass is 404 g/mol. The minimum absolute atomic E-state index is 0.117. The SMILES string of the molecule is CC(C)CC(=O)c1cccc(Nc2c(NC3(c4ccccc4)CC3)c(=O)c2=O)c1O. The van der Waals surface area contributed by atoms with E-state index in [1.54, 1.807) is 18.2 Å². The van der Waals surface area contributed by atoms with Crippen molar-refractivity contribution in [2.24, 2.45) is 5.92 Å². The van der Waals surface area contributed by atoms with Crippen LogP contribution in [0.5, 0.6) is 5.75 Å². The summed E-state index contributed by atoms with van der Waals surface area (Å²) in [5, 5.41) is 16.7. The molecule has 0 atom stereocenters. The van der Waals surface area contributed by atoms with E-state index in [0.717, 1.165) is 18.4 Å². The van der Waals surface area contributed by atoms with Crippen LogP contribution in [0.25, 0.3) is 0 Å². The predicted molar refractivity (Wildman–Crippen MR) is 118 cm³/mol. The summed E-state index contributed by atoms with van der Waals surface area (Å²) in [7, 11) is 0. The van der Waals surface area contributed by atoms with Crippen molar-refractivity contribution in [1.29, 1.82) is 0 Å². The molecule has 1 fully saturated rings. The number of nitrogens with one attached hydrogen (secondary N) is 2. The van der Waals surface area contributed by atoms with Crippen LogP contribution in [-0.2, 0) is 5.54 Å². The second-order valence-corrected chi connectivity index (χ2v) is 8.33. The molecule has 0 saturated heterocycles. The van der Waals surface area contributed by atoms with E-state index >= 15 is 0 Å². The molecule has 3 aromatic carbocycles. The summed E-state index contributed by atoms with van der Waals surface area (Å²) >= 11 is 0. The number of Topliss-reactive ketones (excluding diaryl/α,β-unsaturated/α-hetero) is 1. The number of hydrogen-bond acceptors (Lipinski definition) is 6. The van der Waals surface area contributed by atoms with Crippen LogP contribution < -0.4 is 21.5 Å². The van der Waals surface area contributed by atoms with Crippen molar-refractivity contribution in [3.8, 4) is 5.75 Å². The van der Waals surface area contributed by atoms with E-state index in [1.807, 2.05) is 44.2 Å². The number of phenolic OH excluding ortho intramolecular Hbond substituents is 1. The summed E-state index contributed by atoms with van der Waals surface area (Å²) < 4.78 is 0. The maximum atomic E-state index is 12.4. The fraction of sp³-hybridized carbons (Fsp3) is 0.292. The molecule has 3 aromatic rings. The molecule has 6 nitrogen and oxygen atoms in total. The molecule has 0 bridgehead atoms. The number of hydrogen-bond donors (Lipinski definition) is 3. The molecule has 3 N–H and O–H groups in total. The van der Waals surface area contributed by atoms with Crippen LogP contribution in [0, 0.1) is 5.92 Å². The second kappa shape index (κ2) is 7.44. The first kappa shape index (κ1) is 19.9. The van der Waals surface area contributed by atoms with Gasteiger partial charge in [0.05, 0.1) is 16.8 Å². The normalized spacial score (nSPS) is 14.6. The maximum absolute atomic E-state index is 12.4. The molecule has 0 unspecified atom stereocenters. The second-order valence-electron chi connectivity index (χ2n) is 8.33. The van der Waals surface area contributed by atoms with Crippen LogP contribution in [0.3, 0.4) is 0 Å². The van der Waals surface area contributed by atoms with Gasteiger partial charge in [-0.2, -0.15) is 0 Å². The van der Waals surface area contributed by atoms with Crippen LogP contribution >= 0.6 is 0 Å². The lowest BCUT2D eigenvalue weighted by molar-refractivity contribution is 0.0965. The number of para-hydroxylation sites is 1. The number of aromatic hydroxyl groups is 1. The average Bonchev–Trinajstić information content (AvgIpc) is 3.52. The summed E-state index contributed by atoms with van der Waals surface area (Å²) in [6, 6.07) is 14.6. The van der Waals surface area contributed by atoms with Gasteiger partial charge in [0, 0.05) is 6.42 Å². The zero-order chi connectivity index (χ0) is 21.5. The van der Waals surface area contributed by atoms with E-state index in [4.69, 9.17) is 0 Å². The summed E-state index contributed by atoms with van der Waals surface area (Å²) in [6.45, 7) is 3.86. The Morgan fingerprint density at radius 2 is 1.67 bits per heavy atom. The Kier molecular flexibility index (Phi) is 4.94. The first-order valence-corrected chi connectivity index (χ1v) is 10.1. The number of carbonyl (C=O) groups is 1. The average molecular weight is 404 g/mol. The van der Waals surface area contributed by atoms with Crippen molar-refractivity contribution < 1.29 is 9.90 Å². The Labute approximate surface area is 174 Å². The van der Waals surface area contributed by atoms with Crippen LogP contribution in [0.4, 0.5) is 17.1 Å². The standard InChI is InChI=1S/C24H24N2O4/c1-14(2)13-18(27)16-9-6-10-17(21(16)28)25-19-20(23(30)22(19)29)26-24(11-12-24)15-7-4-3-5-8-15/h3-10,14,25-26,28H,11-13H2,1-2H3. The number of anilines is 3. The number of ketones is 1. The van der Waals surface area contributed by atoms with Crippen molar-refractivity contribution in [3.63, 3.8) is 0 Å². The Morgan fingerprint density at radius 1 is 1.00 bits per heavy atom. The predicted octanol–water partition coefficient (Wildman–Crippen LogP) is 4.06. The minimum atomic E-state index is -0.639. The molecule has 1 aliphatic rings. The molecule has 0 amide bonds. The smallest absolute Gasteiger partial charge is 0.253 e. The van der Waals surface area contributed by atoms with Crippen LogP contribution in [0.15, 0.2) is 58.1 Å². The highest BCUT2D eigenvalue weighted by molar-refractivity contribution is 6.00. The molecule has 30 heavy (non-hydrogen) atoms. The third-order valence-corrected chi connectivity index (χ3v) is 5.54. The molecule has 1 aliphatic carbocycles. The Bertz CT molecular complexity index is 1170. The highest BCUT2D eigenvalue weighted by Crippen LogP contribution is 2.48. The van der Waals surface area contributed by atoms with Gasteiger partial charge in [0.15, 0.2) is 5.78 Å². The number of carbonyl (C=O) groups excluding carboxylic acids is 1. The van der Waals surface area contributed by atoms with Gasteiger partial charge in [-0.3, -0.25) is 14.4 Å². The van der Waals surface area contributed by atoms with E-state index in [9.17, 15) is 19.5 Å². The lowest BCUT2D eigenvalue weighted by Gasteiger charge is -2.23. The molecular formula is C24H24N2O4. The van der Waals surface area contributed by atoms with Gasteiger partial charge in [0.2, 0.25) is 0 Å². The molecule has 4 rings (SSSR count). The van der Waals surface area contributed by atoms with Gasteiger partial charge in [-0.1, -0.05) is 50.2 Å². The fourth-order valence-corrected chi connectivity index (χ4v) is 3.72. The summed E-state index contributed by atoms with van der Waals surface area (Å²) in [5.74, 6) is -0.229. The fourth-order valence-electron chi connectivity index (χ4n) is 3.72. The van der Waals surface area contributed by atoms with Crippen molar-refractivity contribution in [1.82, 2.24) is 0 Å². The molecule has 6 heteroatoms. The Hall–Kier alpha value is -3.41. The molecule has 0 aliphatic heterocycles. The molecule has 0 spiro atoms. The van der Waals surface area contributed by atoms with Gasteiger partial charge in [-0.05, 0) is 36.5 Å². The van der Waals surface area contributed by atoms with Gasteiger partial charge >= 0.3 is 0 Å². The van der Waals surface area contributed by atoms with Crippen molar-refractivity contribution in [2.75, 3.05) is 10.6 Å². The summed E-state index contributed by atoms with van der Waals surface area (Å²) in [6.07, 6.45) is 2.03. The third-order valence-electron chi connectivity index (χ3n) is 5.54. The Balaban J connectivity index is 1.61. The largest absolute Gasteiger partial charge is 0.505 e. The lowest BCUT2D eigenvalue weighted by Crippen LogP contribution is -2.39. The molecule has 0 radical (unpaired) electrons. The quantitative estimate of drug-likeness (QED) is 0.298. The number of phenols is 1.